The molecule has 2 aromatic heterocycles. The number of carboxylic acid groups (broad SMARTS) is 6. The molecule has 3 aliphatic heterocycles. The summed E-state index contributed by atoms with van der Waals surface area (Å²) >= 11 is 0. The van der Waals surface area contributed by atoms with E-state index in [1.807, 2.05) is 15.3 Å². The highest BCUT2D eigenvalue weighted by molar-refractivity contribution is 7.18. The number of carbonyl (C=O) groups is 16. The number of hydrogen-bond acceptors (Lipinski definition) is 26. The van der Waals surface area contributed by atoms with Gasteiger partial charge in [0.05, 0.1) is 99.9 Å². The molecule has 14 N–H and O–H groups in total. The highest BCUT2D eigenvalue weighted by Crippen LogP contribution is 2.36. The average Bonchev–Trinajstić information content (AvgIpc) is 0.935. The molecule has 3 saturated heterocycles. The molecule has 10 amide bonds. The van der Waals surface area contributed by atoms with Crippen LogP contribution in [0.3, 0.4) is 0 Å². The molecule has 0 radical (unpaired) electrons. The van der Waals surface area contributed by atoms with E-state index in [0.29, 0.717) is 63.9 Å². The smallest absolute Gasteiger partial charge is 0.326 e. The quantitative estimate of drug-likeness (QED) is 0.0181. The zero-order valence-corrected chi connectivity index (χ0v) is 68.6. The van der Waals surface area contributed by atoms with Crippen LogP contribution in [-0.4, -0.2) is 343 Å². The molecular formula is C78H100F3N18O24P. The van der Waals surface area contributed by atoms with Crippen LogP contribution in [0.5, 0.6) is 11.5 Å². The molecule has 2 aromatic carbocycles. The number of carboxylic acids is 6. The van der Waals surface area contributed by atoms with Crippen LogP contribution in [0.2, 0.25) is 0 Å². The maximum atomic E-state index is 14.6. The van der Waals surface area contributed by atoms with Crippen LogP contribution in [0.15, 0.2) is 60.9 Å². The minimum atomic E-state index is -3.26. The predicted molar refractivity (Wildman–Crippen MR) is 430 cm³/mol. The minimum absolute atomic E-state index is 0.00428. The summed E-state index contributed by atoms with van der Waals surface area (Å²) < 4.78 is 54.3. The number of aliphatic carboxylic acids is 6. The van der Waals surface area contributed by atoms with E-state index < -0.39 is 246 Å². The van der Waals surface area contributed by atoms with Crippen molar-refractivity contribution in [2.24, 2.45) is 0 Å². The number of fused-ring (bicyclic) bond motifs is 2. The lowest BCUT2D eigenvalue weighted by Crippen LogP contribution is -2.52. The zero-order chi connectivity index (χ0) is 90.8. The normalized spacial score (nSPS) is 18.0. The molecule has 0 bridgehead atoms. The lowest BCUT2D eigenvalue weighted by Gasteiger charge is -2.33. The van der Waals surface area contributed by atoms with Crippen molar-refractivity contribution < 1.29 is 130 Å². The van der Waals surface area contributed by atoms with Gasteiger partial charge in [0.25, 0.3) is 17.7 Å². The lowest BCUT2D eigenvalue weighted by molar-refractivity contribution is -0.143. The van der Waals surface area contributed by atoms with E-state index in [1.165, 1.54) is 50.2 Å². The highest BCUT2D eigenvalue weighted by Gasteiger charge is 2.48. The summed E-state index contributed by atoms with van der Waals surface area (Å²) in [7, 11) is 1.99. The van der Waals surface area contributed by atoms with Gasteiger partial charge in [0.15, 0.2) is 0 Å². The number of hydrogen-bond donors (Lipinski definition) is 14. The first-order chi connectivity index (χ1) is 58.9. The van der Waals surface area contributed by atoms with Gasteiger partial charge in [-0.25, -0.2) is 27.6 Å². The number of ether oxygens (including phenoxy) is 2. The van der Waals surface area contributed by atoms with Gasteiger partial charge in [0.2, 0.25) is 47.3 Å². The number of alkyl halides is 3. The first-order valence-corrected chi connectivity index (χ1v) is 40.2. The third kappa shape index (κ3) is 33.0. The van der Waals surface area contributed by atoms with Crippen LogP contribution < -0.4 is 52.0 Å². The number of likely N-dealkylation sites (tertiary alicyclic amines) is 2. The summed E-state index contributed by atoms with van der Waals surface area (Å²) in [5.74, 6) is -19.5. The third-order valence-corrected chi connectivity index (χ3v) is 20.6. The van der Waals surface area contributed by atoms with E-state index in [2.05, 4.69) is 52.5 Å². The molecule has 0 saturated carbocycles. The molecule has 0 spiro atoms. The van der Waals surface area contributed by atoms with E-state index in [4.69, 9.17) is 9.47 Å². The second-order valence-electron chi connectivity index (χ2n) is 29.8. The number of halogens is 3. The number of nitrogens with zero attached hydrogens (tertiary/aromatic N) is 10. The molecule has 7 rings (SSSR count). The second kappa shape index (κ2) is 48.3. The number of aromatic nitrogens is 2. The third-order valence-electron chi connectivity index (χ3n) is 20.1. The van der Waals surface area contributed by atoms with Crippen molar-refractivity contribution in [1.29, 1.82) is 10.5 Å². The van der Waals surface area contributed by atoms with Crippen LogP contribution >= 0.6 is 9.24 Å². The molecular weight excluding hydrogens is 1660 g/mol. The Kier molecular flexibility index (Phi) is 38.4. The van der Waals surface area contributed by atoms with Gasteiger partial charge in [-0.2, -0.15) is 10.5 Å². The Morgan fingerprint density at radius 3 is 1.23 bits per heavy atom. The summed E-state index contributed by atoms with van der Waals surface area (Å²) in [6.07, 6.45) is -1.63. The van der Waals surface area contributed by atoms with E-state index >= 15 is 0 Å². The Bertz CT molecular complexity index is 4600. The number of rotatable bonds is 46. The van der Waals surface area contributed by atoms with Gasteiger partial charge < -0.3 is 92.4 Å². The van der Waals surface area contributed by atoms with Crippen LogP contribution in [0.25, 0.3) is 21.8 Å². The fraction of sp³-hybridized carbons (Fsp3) is 0.538. The van der Waals surface area contributed by atoms with Crippen LogP contribution in [0.4, 0.5) is 13.2 Å². The summed E-state index contributed by atoms with van der Waals surface area (Å²) in [4.78, 5) is 223. The standard InChI is InChI=1S/C78H100F3N18O24P/c79-77(80)35-47(37-82)98(45-77)66(105)39-88-71(113)51-17-21-84-55-7-5-49(33-53(51)55)123-32-4-2-20-87-62(101)14-11-60(76(120)121)93-73(115)57(90-63(102)16-12-59(75(118)119)92-65(104)41-94-23-25-95(42-68(107)108)27-29-97(44-70(111)112)30-28-96(26-24-94)43-69(109)110)9-15-64(103)91-58(74(116)117)10-13-61(100)86-19-1-3-31-122-50-6-8-56-54(34-50)52(18-22-85-56)72(114)89-40-67(106)99-46-78(81,124)36-48(99)38-83/h5-8,17-18,21-22,33-34,47-48,57-60H,1-4,9-16,19-20,23-32,35-36,39-46,124H2,(H,86,100)(H,87,101)(H,88,113)(H,89,114)(H,90,102)(H,91,103)(H,92,104)(H,93,115)(H,107,108)(H,109,110)(H,111,112)(H,116,117)(H,118,119)(H,120,121)/t47-,48+,57+,58-,59?,60-,78?/m1/s1. The van der Waals surface area contributed by atoms with E-state index in [0.717, 1.165) is 4.90 Å². The summed E-state index contributed by atoms with van der Waals surface area (Å²) in [5, 5.41) is 96.3. The number of pyridine rings is 2. The number of amides is 10. The first kappa shape index (κ1) is 98.5. The molecule has 3 unspecified atom stereocenters. The van der Waals surface area contributed by atoms with E-state index in [1.54, 1.807) is 36.4 Å². The summed E-state index contributed by atoms with van der Waals surface area (Å²) in [5.41, 5.74) is 1.01. The average molecular weight is 1760 g/mol. The van der Waals surface area contributed by atoms with Crippen LogP contribution in [-0.2, 0) is 67.1 Å². The Morgan fingerprint density at radius 1 is 0.460 bits per heavy atom. The highest BCUT2D eigenvalue weighted by atomic mass is 31.0. The molecule has 42 nitrogen and oxygen atoms in total. The van der Waals surface area contributed by atoms with Gasteiger partial charge in [-0.15, -0.1) is 0 Å². The predicted octanol–water partition coefficient (Wildman–Crippen LogP) is -1.29. The Labute approximate surface area is 709 Å². The molecule has 4 aromatic rings. The first-order valence-electron chi connectivity index (χ1n) is 39.7. The molecule has 3 aliphatic rings. The lowest BCUT2D eigenvalue weighted by atomic mass is 10.1. The maximum absolute atomic E-state index is 14.6. The Morgan fingerprint density at radius 2 is 0.823 bits per heavy atom. The molecule has 5 heterocycles. The Balaban J connectivity index is 0.915. The fourth-order valence-corrected chi connectivity index (χ4v) is 14.1. The fourth-order valence-electron chi connectivity index (χ4n) is 13.6. The SMILES string of the molecule is N#C[C@@H]1CC(F)(P)CN1C(=O)CNC(=O)c1ccnc2ccc(OCCCCNC(=O)CC[C@@H](NC(=O)CC[C@H](NC(=O)CCC(NC(=O)CN3CCN(CC(=O)O)CCN(CC(=O)O)CCN(CC(=O)O)CC3)C(=O)O)C(=O)N[C@H](CCC(=O)NCCCCOc3ccc4nccc(C(=O)NCC(=O)N5CC(F)(F)C[C@@H]5C#N)c4c3)C(=O)O)C(=O)O)cc12. The minimum Gasteiger partial charge on any atom is -0.494 e. The molecule has 124 heavy (non-hydrogen) atoms. The molecule has 3 fully saturated rings. The number of carbonyl (C=O) groups excluding carboxylic acids is 10. The van der Waals surface area contributed by atoms with Crippen LogP contribution in [0, 0.1) is 22.7 Å². The number of nitrogens with one attached hydrogen (secondary N) is 8. The van der Waals surface area contributed by atoms with Gasteiger partial charge in [-0.3, -0.25) is 91.9 Å². The second-order valence-corrected chi connectivity index (χ2v) is 30.8. The maximum Gasteiger partial charge on any atom is 0.326 e. The molecule has 46 heteroatoms. The van der Waals surface area contributed by atoms with Gasteiger partial charge in [0.1, 0.15) is 53.2 Å². The molecule has 8 atom stereocenters. The monoisotopic (exact) mass is 1760 g/mol. The topological polar surface area (TPSA) is 602 Å². The van der Waals surface area contributed by atoms with Crippen molar-refractivity contribution in [1.82, 2.24) is 81.9 Å². The largest absolute Gasteiger partial charge is 0.494 e. The Hall–Kier alpha value is -12.6. The van der Waals surface area contributed by atoms with Crippen LogP contribution in [0.1, 0.15) is 111 Å². The number of benzene rings is 2. The van der Waals surface area contributed by atoms with Gasteiger partial charge in [-0.05, 0) is 99.9 Å². The van der Waals surface area contributed by atoms with Gasteiger partial charge in [0, 0.05) is 127 Å². The van der Waals surface area contributed by atoms with Crippen molar-refractivity contribution >= 4 is 126 Å². The molecule has 0 aliphatic carbocycles. The van der Waals surface area contributed by atoms with E-state index in [-0.39, 0.29) is 103 Å². The van der Waals surface area contributed by atoms with Crippen molar-refractivity contribution in [3.63, 3.8) is 0 Å². The zero-order valence-electron chi connectivity index (χ0n) is 67.5. The summed E-state index contributed by atoms with van der Waals surface area (Å²) in [6.45, 7) is -3.78. The van der Waals surface area contributed by atoms with E-state index in [9.17, 15) is 131 Å². The van der Waals surface area contributed by atoms with Crippen molar-refractivity contribution in [2.75, 3.05) is 131 Å². The van der Waals surface area contributed by atoms with Crippen molar-refractivity contribution in [3.05, 3.63) is 72.1 Å². The number of unbranched alkanes of at least 4 members (excludes halogenated alkanes) is 2. The summed E-state index contributed by atoms with van der Waals surface area (Å²) in [6, 6.07) is 6.27. The molecule has 672 valence electrons. The van der Waals surface area contributed by atoms with Gasteiger partial charge in [-0.1, -0.05) is 9.24 Å². The van der Waals surface area contributed by atoms with Crippen molar-refractivity contribution in [3.8, 4) is 23.6 Å². The van der Waals surface area contributed by atoms with Gasteiger partial charge >= 0.3 is 35.8 Å². The number of nitriles is 2. The van der Waals surface area contributed by atoms with Crippen molar-refractivity contribution in [2.45, 2.75) is 137 Å².